The van der Waals surface area contributed by atoms with Crippen molar-refractivity contribution in [3.8, 4) is 0 Å². The van der Waals surface area contributed by atoms with Crippen molar-refractivity contribution in [1.82, 2.24) is 10.6 Å². The summed E-state index contributed by atoms with van der Waals surface area (Å²) in [5, 5.41) is 6.85. The molecule has 1 fully saturated rings. The second-order valence-corrected chi connectivity index (χ2v) is 6.60. The number of nitrogens with zero attached hydrogens (tertiary/aromatic N) is 1. The summed E-state index contributed by atoms with van der Waals surface area (Å²) in [5.41, 5.74) is 1.32. The average Bonchev–Trinajstić information content (AvgIpc) is 3.21. The maximum atomic E-state index is 5.79. The quantitative estimate of drug-likeness (QED) is 0.564. The van der Waals surface area contributed by atoms with Gasteiger partial charge < -0.3 is 19.8 Å². The van der Waals surface area contributed by atoms with E-state index >= 15 is 0 Å². The molecule has 3 rings (SSSR count). The van der Waals surface area contributed by atoms with Crippen molar-refractivity contribution in [3.63, 3.8) is 0 Å². The molecule has 0 amide bonds. The van der Waals surface area contributed by atoms with Crippen LogP contribution in [-0.2, 0) is 17.6 Å². The second-order valence-electron chi connectivity index (χ2n) is 6.60. The SMILES string of the molecule is c1ccc(CCNC(=NCC2CCCCO2)NCCc2ccco2)cc1. The first-order valence-corrected chi connectivity index (χ1v) is 9.60. The van der Waals surface area contributed by atoms with Gasteiger partial charge in [-0.05, 0) is 43.4 Å². The fraction of sp³-hybridized carbons (Fsp3) is 0.476. The van der Waals surface area contributed by atoms with Crippen molar-refractivity contribution in [1.29, 1.82) is 0 Å². The molecule has 5 heteroatoms. The Labute approximate surface area is 155 Å². The van der Waals surface area contributed by atoms with Gasteiger partial charge in [-0.3, -0.25) is 4.99 Å². The van der Waals surface area contributed by atoms with Gasteiger partial charge in [-0.25, -0.2) is 0 Å². The van der Waals surface area contributed by atoms with E-state index in [2.05, 4.69) is 34.9 Å². The highest BCUT2D eigenvalue weighted by molar-refractivity contribution is 5.79. The van der Waals surface area contributed by atoms with Crippen LogP contribution in [0.4, 0.5) is 0 Å². The van der Waals surface area contributed by atoms with Crippen molar-refractivity contribution in [2.24, 2.45) is 4.99 Å². The second kappa shape index (κ2) is 10.7. The van der Waals surface area contributed by atoms with Crippen LogP contribution in [0.1, 0.15) is 30.6 Å². The van der Waals surface area contributed by atoms with E-state index in [1.165, 1.54) is 18.4 Å². The standard InChI is InChI=1S/C21H29N3O2/c1-2-7-18(8-3-1)11-13-22-21(23-14-12-19-10-6-16-25-19)24-17-20-9-4-5-15-26-20/h1-3,6-8,10,16,20H,4-5,9,11-15,17H2,(H2,22,23,24). The normalized spacial score (nSPS) is 17.8. The number of benzene rings is 1. The predicted molar refractivity (Wildman–Crippen MR) is 104 cm³/mol. The molecule has 1 saturated heterocycles. The molecule has 26 heavy (non-hydrogen) atoms. The fourth-order valence-corrected chi connectivity index (χ4v) is 3.05. The summed E-state index contributed by atoms with van der Waals surface area (Å²) in [4.78, 5) is 4.74. The molecular formula is C21H29N3O2. The Kier molecular flexibility index (Phi) is 7.59. The van der Waals surface area contributed by atoms with E-state index in [0.717, 1.165) is 50.7 Å². The van der Waals surface area contributed by atoms with E-state index in [-0.39, 0.29) is 6.10 Å². The summed E-state index contributed by atoms with van der Waals surface area (Å²) in [6.07, 6.45) is 7.29. The van der Waals surface area contributed by atoms with Crippen molar-refractivity contribution >= 4 is 5.96 Å². The van der Waals surface area contributed by atoms with Gasteiger partial charge in [0.1, 0.15) is 5.76 Å². The minimum absolute atomic E-state index is 0.251. The largest absolute Gasteiger partial charge is 0.469 e. The van der Waals surface area contributed by atoms with E-state index < -0.39 is 0 Å². The van der Waals surface area contributed by atoms with E-state index in [1.807, 2.05) is 18.2 Å². The van der Waals surface area contributed by atoms with E-state index in [1.54, 1.807) is 6.26 Å². The average molecular weight is 355 g/mol. The lowest BCUT2D eigenvalue weighted by Gasteiger charge is -2.21. The zero-order valence-corrected chi connectivity index (χ0v) is 15.3. The molecule has 2 N–H and O–H groups in total. The van der Waals surface area contributed by atoms with Crippen LogP contribution < -0.4 is 10.6 Å². The summed E-state index contributed by atoms with van der Waals surface area (Å²) in [5.74, 6) is 1.83. The lowest BCUT2D eigenvalue weighted by Crippen LogP contribution is -2.40. The van der Waals surface area contributed by atoms with Crippen molar-refractivity contribution < 1.29 is 9.15 Å². The van der Waals surface area contributed by atoms with Gasteiger partial charge in [0.2, 0.25) is 0 Å². The highest BCUT2D eigenvalue weighted by Crippen LogP contribution is 2.12. The van der Waals surface area contributed by atoms with Crippen LogP contribution in [0.3, 0.4) is 0 Å². The molecule has 1 aliphatic heterocycles. The summed E-state index contributed by atoms with van der Waals surface area (Å²) >= 11 is 0. The number of ether oxygens (including phenoxy) is 1. The van der Waals surface area contributed by atoms with Gasteiger partial charge in [0, 0.05) is 26.1 Å². The molecule has 0 radical (unpaired) electrons. The number of nitrogens with one attached hydrogen (secondary N) is 2. The van der Waals surface area contributed by atoms with E-state index in [9.17, 15) is 0 Å². The summed E-state index contributed by atoms with van der Waals surface area (Å²) in [7, 11) is 0. The molecule has 2 heterocycles. The number of hydrogen-bond donors (Lipinski definition) is 2. The third-order valence-electron chi connectivity index (χ3n) is 4.52. The molecule has 1 aromatic carbocycles. The molecule has 0 aliphatic carbocycles. The molecule has 1 unspecified atom stereocenters. The maximum Gasteiger partial charge on any atom is 0.191 e. The molecule has 0 saturated carbocycles. The highest BCUT2D eigenvalue weighted by Gasteiger charge is 2.13. The lowest BCUT2D eigenvalue weighted by molar-refractivity contribution is 0.0224. The van der Waals surface area contributed by atoms with Gasteiger partial charge in [0.05, 0.1) is 18.9 Å². The van der Waals surface area contributed by atoms with Crippen LogP contribution in [-0.4, -0.2) is 38.3 Å². The molecule has 0 spiro atoms. The molecule has 1 atom stereocenters. The molecule has 140 valence electrons. The Morgan fingerprint density at radius 2 is 1.85 bits per heavy atom. The third-order valence-corrected chi connectivity index (χ3v) is 4.52. The van der Waals surface area contributed by atoms with Gasteiger partial charge in [-0.2, -0.15) is 0 Å². The highest BCUT2D eigenvalue weighted by atomic mass is 16.5. The first-order chi connectivity index (χ1) is 12.9. The Morgan fingerprint density at radius 3 is 2.58 bits per heavy atom. The summed E-state index contributed by atoms with van der Waals surface area (Å²) in [6, 6.07) is 14.4. The molecular weight excluding hydrogens is 326 g/mol. The van der Waals surface area contributed by atoms with E-state index in [4.69, 9.17) is 14.1 Å². The van der Waals surface area contributed by atoms with Crippen LogP contribution in [0.2, 0.25) is 0 Å². The van der Waals surface area contributed by atoms with Gasteiger partial charge >= 0.3 is 0 Å². The molecule has 5 nitrogen and oxygen atoms in total. The minimum atomic E-state index is 0.251. The lowest BCUT2D eigenvalue weighted by atomic mass is 10.1. The zero-order chi connectivity index (χ0) is 17.9. The fourth-order valence-electron chi connectivity index (χ4n) is 3.05. The summed E-state index contributed by atoms with van der Waals surface area (Å²) in [6.45, 7) is 3.21. The molecule has 0 bridgehead atoms. The van der Waals surface area contributed by atoms with Crippen LogP contribution >= 0.6 is 0 Å². The Balaban J connectivity index is 1.47. The molecule has 2 aromatic rings. The molecule has 1 aromatic heterocycles. The van der Waals surface area contributed by atoms with Crippen LogP contribution in [0.15, 0.2) is 58.1 Å². The zero-order valence-electron chi connectivity index (χ0n) is 15.3. The first kappa shape index (κ1) is 18.5. The number of guanidine groups is 1. The van der Waals surface area contributed by atoms with E-state index in [0.29, 0.717) is 6.54 Å². The van der Waals surface area contributed by atoms with Crippen LogP contribution in [0, 0.1) is 0 Å². The Hall–Kier alpha value is -2.27. The van der Waals surface area contributed by atoms with Crippen molar-refractivity contribution in [2.75, 3.05) is 26.2 Å². The summed E-state index contributed by atoms with van der Waals surface area (Å²) < 4.78 is 11.2. The predicted octanol–water partition coefficient (Wildman–Crippen LogP) is 3.17. The minimum Gasteiger partial charge on any atom is -0.469 e. The topological polar surface area (TPSA) is 58.8 Å². The van der Waals surface area contributed by atoms with Crippen molar-refractivity contribution in [3.05, 3.63) is 60.1 Å². The molecule has 1 aliphatic rings. The Morgan fingerprint density at radius 1 is 1.00 bits per heavy atom. The first-order valence-electron chi connectivity index (χ1n) is 9.60. The smallest absolute Gasteiger partial charge is 0.191 e. The van der Waals surface area contributed by atoms with Crippen molar-refractivity contribution in [2.45, 2.75) is 38.2 Å². The van der Waals surface area contributed by atoms with Crippen LogP contribution in [0.5, 0.6) is 0 Å². The monoisotopic (exact) mass is 355 g/mol. The van der Waals surface area contributed by atoms with Crippen LogP contribution in [0.25, 0.3) is 0 Å². The third kappa shape index (κ3) is 6.56. The van der Waals surface area contributed by atoms with Gasteiger partial charge in [-0.15, -0.1) is 0 Å². The number of aliphatic imine (C=N–C) groups is 1. The number of furan rings is 1. The number of hydrogen-bond acceptors (Lipinski definition) is 3. The van der Waals surface area contributed by atoms with Gasteiger partial charge in [0.15, 0.2) is 5.96 Å². The maximum absolute atomic E-state index is 5.79. The number of rotatable bonds is 8. The van der Waals surface area contributed by atoms with Gasteiger partial charge in [0.25, 0.3) is 0 Å². The van der Waals surface area contributed by atoms with Gasteiger partial charge in [-0.1, -0.05) is 30.3 Å². The Bertz CT molecular complexity index is 635.